The maximum Gasteiger partial charge on any atom is 0.0342 e. The summed E-state index contributed by atoms with van der Waals surface area (Å²) in [6, 6.07) is 8.73. The van der Waals surface area contributed by atoms with E-state index in [1.165, 1.54) is 12.8 Å². The quantitative estimate of drug-likeness (QED) is 0.720. The molecule has 0 saturated heterocycles. The van der Waals surface area contributed by atoms with Crippen LogP contribution in [-0.2, 0) is 0 Å². The van der Waals surface area contributed by atoms with E-state index >= 15 is 0 Å². The Morgan fingerprint density at radius 3 is 2.60 bits per heavy atom. The van der Waals surface area contributed by atoms with Crippen LogP contribution in [0.3, 0.4) is 0 Å². The Bertz CT molecular complexity index is 303. The molecule has 15 heavy (non-hydrogen) atoms. The maximum absolute atomic E-state index is 5.62. The molecule has 0 aromatic heterocycles. The zero-order valence-electron chi connectivity index (χ0n) is 9.24. The summed E-state index contributed by atoms with van der Waals surface area (Å²) in [7, 11) is 2.20. The molecule has 82 valence electrons. The van der Waals surface area contributed by atoms with Crippen molar-refractivity contribution in [2.75, 3.05) is 31.2 Å². The van der Waals surface area contributed by atoms with E-state index in [2.05, 4.69) is 17.3 Å². The summed E-state index contributed by atoms with van der Waals surface area (Å²) in [6.07, 6.45) is 2.75. The van der Waals surface area contributed by atoms with E-state index in [4.69, 9.17) is 5.73 Å². The lowest BCUT2D eigenvalue weighted by molar-refractivity contribution is 0.337. The predicted octanol–water partition coefficient (Wildman–Crippen LogP) is 1.77. The van der Waals surface area contributed by atoms with Crippen molar-refractivity contribution in [2.24, 2.45) is 0 Å². The van der Waals surface area contributed by atoms with Crippen LogP contribution in [0.25, 0.3) is 0 Å². The predicted molar refractivity (Wildman–Crippen MR) is 65.0 cm³/mol. The van der Waals surface area contributed by atoms with E-state index in [0.29, 0.717) is 0 Å². The summed E-state index contributed by atoms with van der Waals surface area (Å²) in [5.41, 5.74) is 7.58. The van der Waals surface area contributed by atoms with Crippen molar-refractivity contribution >= 4 is 11.4 Å². The third kappa shape index (κ3) is 3.13. The van der Waals surface area contributed by atoms with E-state index in [1.807, 2.05) is 24.3 Å². The number of rotatable bonds is 5. The number of nitrogens with zero attached hydrogens (tertiary/aromatic N) is 1. The van der Waals surface area contributed by atoms with Crippen LogP contribution in [0.2, 0.25) is 0 Å². The fourth-order valence-corrected chi connectivity index (χ4v) is 1.68. The minimum atomic E-state index is 0.815. The smallest absolute Gasteiger partial charge is 0.0342 e. The number of benzene rings is 1. The molecule has 0 bridgehead atoms. The van der Waals surface area contributed by atoms with Gasteiger partial charge in [0.1, 0.15) is 0 Å². The number of hydrogen-bond acceptors (Lipinski definition) is 3. The number of nitrogen functional groups attached to an aromatic ring is 1. The second kappa shape index (κ2) is 4.53. The molecule has 1 aromatic rings. The summed E-state index contributed by atoms with van der Waals surface area (Å²) in [5.74, 6) is 0. The highest BCUT2D eigenvalue weighted by Gasteiger charge is 2.25. The molecule has 3 heteroatoms. The molecular weight excluding hydrogens is 186 g/mol. The molecule has 0 atom stereocenters. The minimum Gasteiger partial charge on any atom is -0.399 e. The van der Waals surface area contributed by atoms with Gasteiger partial charge in [-0.3, -0.25) is 0 Å². The first-order valence-corrected chi connectivity index (χ1v) is 5.55. The minimum absolute atomic E-state index is 0.815. The highest BCUT2D eigenvalue weighted by Crippen LogP contribution is 2.24. The summed E-state index contributed by atoms with van der Waals surface area (Å²) < 4.78 is 0. The van der Waals surface area contributed by atoms with Gasteiger partial charge in [0, 0.05) is 30.5 Å². The summed E-state index contributed by atoms with van der Waals surface area (Å²) in [4.78, 5) is 2.42. The molecule has 0 heterocycles. The van der Waals surface area contributed by atoms with Crippen molar-refractivity contribution in [3.63, 3.8) is 0 Å². The molecule has 1 aliphatic carbocycles. The van der Waals surface area contributed by atoms with Crippen molar-refractivity contribution in [2.45, 2.75) is 18.9 Å². The highest BCUT2D eigenvalue weighted by atomic mass is 15.2. The average molecular weight is 205 g/mol. The molecule has 1 aromatic carbocycles. The SMILES string of the molecule is CN(CCNc1ccc(N)cc1)C1CC1. The first-order valence-electron chi connectivity index (χ1n) is 5.55. The number of nitrogens with two attached hydrogens (primary N) is 1. The van der Waals surface area contributed by atoms with Crippen LogP contribution in [0, 0.1) is 0 Å². The van der Waals surface area contributed by atoms with Gasteiger partial charge in [0.15, 0.2) is 0 Å². The average Bonchev–Trinajstić information content (AvgIpc) is 3.04. The monoisotopic (exact) mass is 205 g/mol. The van der Waals surface area contributed by atoms with Crippen molar-refractivity contribution in [1.82, 2.24) is 4.90 Å². The Morgan fingerprint density at radius 2 is 2.00 bits per heavy atom. The molecule has 0 radical (unpaired) electrons. The largest absolute Gasteiger partial charge is 0.399 e. The van der Waals surface area contributed by atoms with Gasteiger partial charge in [-0.1, -0.05) is 0 Å². The van der Waals surface area contributed by atoms with Gasteiger partial charge in [0.2, 0.25) is 0 Å². The molecule has 0 unspecified atom stereocenters. The molecule has 1 saturated carbocycles. The molecule has 1 aliphatic rings. The van der Waals surface area contributed by atoms with E-state index in [1.54, 1.807) is 0 Å². The Hall–Kier alpha value is -1.22. The zero-order chi connectivity index (χ0) is 10.7. The number of nitrogens with one attached hydrogen (secondary N) is 1. The Labute approximate surface area is 91.3 Å². The van der Waals surface area contributed by atoms with Gasteiger partial charge in [-0.05, 0) is 44.2 Å². The number of hydrogen-bond donors (Lipinski definition) is 2. The molecule has 3 nitrogen and oxygen atoms in total. The van der Waals surface area contributed by atoms with E-state index in [-0.39, 0.29) is 0 Å². The molecule has 0 aliphatic heterocycles. The third-order valence-electron chi connectivity index (χ3n) is 2.87. The fourth-order valence-electron chi connectivity index (χ4n) is 1.68. The first kappa shape index (κ1) is 10.3. The van der Waals surface area contributed by atoms with E-state index < -0.39 is 0 Å². The van der Waals surface area contributed by atoms with Gasteiger partial charge >= 0.3 is 0 Å². The first-order chi connectivity index (χ1) is 7.25. The third-order valence-corrected chi connectivity index (χ3v) is 2.87. The van der Waals surface area contributed by atoms with Gasteiger partial charge in [-0.15, -0.1) is 0 Å². The second-order valence-corrected chi connectivity index (χ2v) is 4.26. The van der Waals surface area contributed by atoms with Crippen molar-refractivity contribution in [3.8, 4) is 0 Å². The van der Waals surface area contributed by atoms with Crippen LogP contribution in [0.4, 0.5) is 11.4 Å². The number of likely N-dealkylation sites (N-methyl/N-ethyl adjacent to an activating group) is 1. The van der Waals surface area contributed by atoms with Crippen LogP contribution < -0.4 is 11.1 Å². The van der Waals surface area contributed by atoms with Gasteiger partial charge in [0.25, 0.3) is 0 Å². The van der Waals surface area contributed by atoms with Crippen molar-refractivity contribution in [3.05, 3.63) is 24.3 Å². The summed E-state index contributed by atoms with van der Waals surface area (Å²) >= 11 is 0. The van der Waals surface area contributed by atoms with Crippen LogP contribution in [0.5, 0.6) is 0 Å². The standard InChI is InChI=1S/C12H19N3/c1-15(12-6-7-12)9-8-14-11-4-2-10(13)3-5-11/h2-5,12,14H,6-9,13H2,1H3. The topological polar surface area (TPSA) is 41.3 Å². The van der Waals surface area contributed by atoms with Crippen molar-refractivity contribution in [1.29, 1.82) is 0 Å². The van der Waals surface area contributed by atoms with Crippen LogP contribution >= 0.6 is 0 Å². The van der Waals surface area contributed by atoms with Gasteiger partial charge < -0.3 is 16.0 Å². The maximum atomic E-state index is 5.62. The van der Waals surface area contributed by atoms with Crippen LogP contribution in [0.15, 0.2) is 24.3 Å². The fraction of sp³-hybridized carbons (Fsp3) is 0.500. The van der Waals surface area contributed by atoms with E-state index in [0.717, 1.165) is 30.5 Å². The number of anilines is 2. The molecule has 0 spiro atoms. The molecule has 2 rings (SSSR count). The van der Waals surface area contributed by atoms with Gasteiger partial charge in [-0.2, -0.15) is 0 Å². The Morgan fingerprint density at radius 1 is 1.33 bits per heavy atom. The lowest BCUT2D eigenvalue weighted by Gasteiger charge is -2.16. The molecular formula is C12H19N3. The lowest BCUT2D eigenvalue weighted by atomic mass is 10.3. The summed E-state index contributed by atoms with van der Waals surface area (Å²) in [6.45, 7) is 2.10. The highest BCUT2D eigenvalue weighted by molar-refractivity contribution is 5.51. The normalized spacial score (nSPS) is 15.6. The van der Waals surface area contributed by atoms with Crippen molar-refractivity contribution < 1.29 is 0 Å². The molecule has 3 N–H and O–H groups in total. The summed E-state index contributed by atoms with van der Waals surface area (Å²) in [5, 5.41) is 3.39. The second-order valence-electron chi connectivity index (χ2n) is 4.26. The Balaban J connectivity index is 1.70. The van der Waals surface area contributed by atoms with Crippen LogP contribution in [-0.4, -0.2) is 31.1 Å². The van der Waals surface area contributed by atoms with Gasteiger partial charge in [0.05, 0.1) is 0 Å². The van der Waals surface area contributed by atoms with Crippen LogP contribution in [0.1, 0.15) is 12.8 Å². The molecule has 1 fully saturated rings. The zero-order valence-corrected chi connectivity index (χ0v) is 9.24. The Kier molecular flexibility index (Phi) is 3.11. The lowest BCUT2D eigenvalue weighted by Crippen LogP contribution is -2.26. The van der Waals surface area contributed by atoms with E-state index in [9.17, 15) is 0 Å². The van der Waals surface area contributed by atoms with Gasteiger partial charge in [-0.25, -0.2) is 0 Å². The molecule has 0 amide bonds.